The highest BCUT2D eigenvalue weighted by molar-refractivity contribution is 5.99. The molecule has 0 bridgehead atoms. The minimum atomic E-state index is -0.735. The molecule has 1 aliphatic rings. The molecule has 0 radical (unpaired) electrons. The van der Waals surface area contributed by atoms with Crippen molar-refractivity contribution in [3.8, 4) is 11.5 Å². The zero-order valence-corrected chi connectivity index (χ0v) is 20.6. The summed E-state index contributed by atoms with van der Waals surface area (Å²) < 4.78 is 31.1. The zero-order chi connectivity index (χ0) is 26.1. The first-order valence-corrected chi connectivity index (χ1v) is 12.0. The molecule has 1 atom stereocenters. The molecule has 0 saturated carbocycles. The van der Waals surface area contributed by atoms with Gasteiger partial charge in [-0.15, -0.1) is 0 Å². The van der Waals surface area contributed by atoms with Gasteiger partial charge in [0.05, 0.1) is 23.6 Å². The Bertz CT molecular complexity index is 1560. The molecule has 37 heavy (non-hydrogen) atoms. The Kier molecular flexibility index (Phi) is 6.53. The monoisotopic (exact) mass is 499 g/mol. The summed E-state index contributed by atoms with van der Waals surface area (Å²) in [7, 11) is 0. The van der Waals surface area contributed by atoms with Crippen molar-refractivity contribution in [3.63, 3.8) is 0 Å². The maximum Gasteiger partial charge on any atom is 0.291 e. The van der Waals surface area contributed by atoms with E-state index in [0.717, 1.165) is 11.1 Å². The number of rotatable bonds is 8. The van der Waals surface area contributed by atoms with Gasteiger partial charge in [-0.25, -0.2) is 4.39 Å². The third-order valence-corrected chi connectivity index (χ3v) is 6.33. The molecule has 1 aliphatic heterocycles. The van der Waals surface area contributed by atoms with Crippen molar-refractivity contribution in [1.29, 1.82) is 0 Å². The van der Waals surface area contributed by atoms with Crippen molar-refractivity contribution in [2.45, 2.75) is 26.4 Å². The SMILES string of the molecule is C=CCOc1ccc(C2c3c(oc4ccc(C)cc4c3=O)C(=O)N2Cc2ccc(F)cc2)cc1OCC. The van der Waals surface area contributed by atoms with Crippen LogP contribution in [0.15, 0.2) is 82.5 Å². The van der Waals surface area contributed by atoms with Crippen LogP contribution in [-0.4, -0.2) is 24.0 Å². The highest BCUT2D eigenvalue weighted by Gasteiger charge is 2.43. The summed E-state index contributed by atoms with van der Waals surface area (Å²) in [5.41, 5.74) is 2.66. The van der Waals surface area contributed by atoms with Gasteiger partial charge in [0.15, 0.2) is 16.9 Å². The van der Waals surface area contributed by atoms with E-state index < -0.39 is 11.9 Å². The summed E-state index contributed by atoms with van der Waals surface area (Å²) in [6, 6.07) is 15.9. The summed E-state index contributed by atoms with van der Waals surface area (Å²) in [4.78, 5) is 29.1. The molecule has 0 saturated heterocycles. The van der Waals surface area contributed by atoms with Crippen molar-refractivity contribution < 1.29 is 23.1 Å². The van der Waals surface area contributed by atoms with Crippen molar-refractivity contribution >= 4 is 16.9 Å². The van der Waals surface area contributed by atoms with Crippen LogP contribution >= 0.6 is 0 Å². The second-order valence-corrected chi connectivity index (χ2v) is 8.87. The average molecular weight is 500 g/mol. The van der Waals surface area contributed by atoms with Crippen LogP contribution in [0.3, 0.4) is 0 Å². The van der Waals surface area contributed by atoms with Gasteiger partial charge < -0.3 is 18.8 Å². The fourth-order valence-electron chi connectivity index (χ4n) is 4.66. The van der Waals surface area contributed by atoms with Gasteiger partial charge in [-0.3, -0.25) is 9.59 Å². The minimum absolute atomic E-state index is 0.0124. The van der Waals surface area contributed by atoms with E-state index in [2.05, 4.69) is 6.58 Å². The number of benzene rings is 3. The van der Waals surface area contributed by atoms with Crippen LogP contribution in [0.1, 0.15) is 45.8 Å². The number of ether oxygens (including phenoxy) is 2. The second kappa shape index (κ2) is 9.93. The van der Waals surface area contributed by atoms with E-state index in [4.69, 9.17) is 13.9 Å². The third kappa shape index (κ3) is 4.48. The molecule has 6 nitrogen and oxygen atoms in total. The van der Waals surface area contributed by atoms with Crippen LogP contribution in [-0.2, 0) is 6.54 Å². The fourth-order valence-corrected chi connectivity index (χ4v) is 4.66. The summed E-state index contributed by atoms with van der Waals surface area (Å²) in [6.45, 7) is 8.30. The van der Waals surface area contributed by atoms with E-state index in [1.54, 1.807) is 47.4 Å². The van der Waals surface area contributed by atoms with E-state index in [1.165, 1.54) is 12.1 Å². The highest BCUT2D eigenvalue weighted by atomic mass is 19.1. The van der Waals surface area contributed by atoms with Gasteiger partial charge >= 0.3 is 0 Å². The predicted octanol–water partition coefficient (Wildman–Crippen LogP) is 5.95. The molecule has 1 unspecified atom stereocenters. The lowest BCUT2D eigenvalue weighted by atomic mass is 9.97. The van der Waals surface area contributed by atoms with Crippen LogP contribution < -0.4 is 14.9 Å². The third-order valence-electron chi connectivity index (χ3n) is 6.33. The van der Waals surface area contributed by atoms with Crippen molar-refractivity contribution in [2.24, 2.45) is 0 Å². The lowest BCUT2D eigenvalue weighted by Gasteiger charge is -2.26. The Hall–Kier alpha value is -4.39. The first-order valence-electron chi connectivity index (χ1n) is 12.0. The molecule has 0 aliphatic carbocycles. The molecular formula is C30H26FNO5. The molecule has 1 aromatic heterocycles. The molecule has 7 heteroatoms. The molecule has 0 spiro atoms. The smallest absolute Gasteiger partial charge is 0.291 e. The summed E-state index contributed by atoms with van der Waals surface area (Å²) in [5, 5.41) is 0.413. The molecular weight excluding hydrogens is 473 g/mol. The summed E-state index contributed by atoms with van der Waals surface area (Å²) >= 11 is 0. The Morgan fingerprint density at radius 2 is 1.81 bits per heavy atom. The van der Waals surface area contributed by atoms with Gasteiger partial charge in [0.2, 0.25) is 5.76 Å². The maximum atomic E-state index is 13.8. The fraction of sp³-hybridized carbons (Fsp3) is 0.200. The lowest BCUT2D eigenvalue weighted by molar-refractivity contribution is 0.0714. The van der Waals surface area contributed by atoms with Crippen LogP contribution in [0.2, 0.25) is 0 Å². The number of aryl methyl sites for hydroxylation is 1. The summed E-state index contributed by atoms with van der Waals surface area (Å²) in [6.07, 6.45) is 1.64. The van der Waals surface area contributed by atoms with E-state index in [1.807, 2.05) is 26.0 Å². The topological polar surface area (TPSA) is 69.0 Å². The minimum Gasteiger partial charge on any atom is -0.490 e. The van der Waals surface area contributed by atoms with Crippen LogP contribution in [0.4, 0.5) is 4.39 Å². The van der Waals surface area contributed by atoms with E-state index in [0.29, 0.717) is 41.2 Å². The Morgan fingerprint density at radius 1 is 1.03 bits per heavy atom. The van der Waals surface area contributed by atoms with Gasteiger partial charge in [-0.2, -0.15) is 0 Å². The molecule has 3 aromatic carbocycles. The number of carbonyl (C=O) groups excluding carboxylic acids is 1. The standard InChI is InChI=1S/C30H26FNO5/c1-4-14-36-24-13-9-20(16-25(24)35-5-2)27-26-28(33)22-15-18(3)6-12-23(22)37-29(26)30(34)32(27)17-19-7-10-21(31)11-8-19/h4,6-13,15-16,27H,1,5,14,17H2,2-3H3. The maximum absolute atomic E-state index is 13.8. The normalized spacial score (nSPS) is 14.6. The van der Waals surface area contributed by atoms with Crippen molar-refractivity contribution in [1.82, 2.24) is 4.90 Å². The van der Waals surface area contributed by atoms with E-state index >= 15 is 0 Å². The van der Waals surface area contributed by atoms with Gasteiger partial charge in [-0.05, 0) is 61.4 Å². The Labute approximate surface area is 213 Å². The van der Waals surface area contributed by atoms with Crippen LogP contribution in [0.25, 0.3) is 11.0 Å². The number of halogens is 1. The number of hydrogen-bond donors (Lipinski definition) is 0. The first kappa shape index (κ1) is 24.3. The van der Waals surface area contributed by atoms with Crippen molar-refractivity contribution in [3.05, 3.63) is 117 Å². The molecule has 0 fully saturated rings. The highest BCUT2D eigenvalue weighted by Crippen LogP contribution is 2.42. The van der Waals surface area contributed by atoms with Crippen LogP contribution in [0.5, 0.6) is 11.5 Å². The number of nitrogens with zero attached hydrogens (tertiary/aromatic N) is 1. The molecule has 1 amide bonds. The number of hydrogen-bond acceptors (Lipinski definition) is 5. The Morgan fingerprint density at radius 3 is 2.54 bits per heavy atom. The number of fused-ring (bicyclic) bond motifs is 2. The molecule has 4 aromatic rings. The average Bonchev–Trinajstić information content (AvgIpc) is 3.16. The van der Waals surface area contributed by atoms with E-state index in [9.17, 15) is 14.0 Å². The molecule has 188 valence electrons. The van der Waals surface area contributed by atoms with Gasteiger partial charge in [0, 0.05) is 6.54 Å². The molecule has 5 rings (SSSR count). The van der Waals surface area contributed by atoms with Gasteiger partial charge in [0.1, 0.15) is 18.0 Å². The van der Waals surface area contributed by atoms with E-state index in [-0.39, 0.29) is 29.1 Å². The quantitative estimate of drug-likeness (QED) is 0.280. The van der Waals surface area contributed by atoms with Crippen LogP contribution in [0, 0.1) is 12.7 Å². The number of carbonyl (C=O) groups is 1. The van der Waals surface area contributed by atoms with Gasteiger partial charge in [0.25, 0.3) is 5.91 Å². The number of amides is 1. The Balaban J connectivity index is 1.69. The second-order valence-electron chi connectivity index (χ2n) is 8.87. The van der Waals surface area contributed by atoms with Gasteiger partial charge in [-0.1, -0.05) is 42.5 Å². The molecule has 0 N–H and O–H groups in total. The summed E-state index contributed by atoms with van der Waals surface area (Å²) in [5.74, 6) is 0.255. The lowest BCUT2D eigenvalue weighted by Crippen LogP contribution is -2.29. The largest absolute Gasteiger partial charge is 0.490 e. The first-order chi connectivity index (χ1) is 17.9. The zero-order valence-electron chi connectivity index (χ0n) is 20.6. The predicted molar refractivity (Wildman–Crippen MR) is 139 cm³/mol. The van der Waals surface area contributed by atoms with Crippen molar-refractivity contribution in [2.75, 3.05) is 13.2 Å². The molecule has 2 heterocycles.